The highest BCUT2D eigenvalue weighted by Crippen LogP contribution is 2.11. The molecule has 0 aliphatic rings. The predicted octanol–water partition coefficient (Wildman–Crippen LogP) is 2.00. The summed E-state index contributed by atoms with van der Waals surface area (Å²) in [5.41, 5.74) is 0. The highest BCUT2D eigenvalue weighted by atomic mass is 28.4. The number of rotatable bonds is 9. The van der Waals surface area contributed by atoms with Crippen LogP contribution in [0.1, 0.15) is 34.6 Å². The molecule has 0 aliphatic carbocycles. The van der Waals surface area contributed by atoms with Crippen LogP contribution in [0.4, 0.5) is 0 Å². The van der Waals surface area contributed by atoms with Gasteiger partial charge in [0.05, 0.1) is 6.10 Å². The quantitative estimate of drug-likeness (QED) is 0.574. The van der Waals surface area contributed by atoms with Gasteiger partial charge in [-0.1, -0.05) is 0 Å². The molecule has 15 heavy (non-hydrogen) atoms. The third-order valence-corrected chi connectivity index (χ3v) is 4.39. The summed E-state index contributed by atoms with van der Waals surface area (Å²) in [6.07, 6.45) is 0.596. The third kappa shape index (κ3) is 6.27. The van der Waals surface area contributed by atoms with Crippen LogP contribution in [0, 0.1) is 0 Å². The van der Waals surface area contributed by atoms with Gasteiger partial charge >= 0.3 is 8.80 Å². The Kier molecular flexibility index (Phi) is 8.27. The van der Waals surface area contributed by atoms with Crippen molar-refractivity contribution in [1.29, 1.82) is 0 Å². The van der Waals surface area contributed by atoms with E-state index in [9.17, 15) is 0 Å². The molecular weight excluding hydrogens is 212 g/mol. The average Bonchev–Trinajstić information content (AvgIpc) is 2.16. The van der Waals surface area contributed by atoms with Crippen LogP contribution in [0.5, 0.6) is 0 Å². The van der Waals surface area contributed by atoms with Crippen molar-refractivity contribution in [2.24, 2.45) is 0 Å². The van der Waals surface area contributed by atoms with E-state index in [0.29, 0.717) is 26.1 Å². The van der Waals surface area contributed by atoms with Crippen LogP contribution in [-0.4, -0.2) is 41.0 Å². The number of ether oxygens (including phenoxy) is 1. The summed E-state index contributed by atoms with van der Waals surface area (Å²) in [7, 11) is -2.58. The molecule has 0 saturated carbocycles. The van der Waals surface area contributed by atoms with Crippen LogP contribution in [0.25, 0.3) is 0 Å². The molecule has 0 aliphatic heterocycles. The summed E-state index contributed by atoms with van der Waals surface area (Å²) in [5, 5.41) is 0. The van der Waals surface area contributed by atoms with Gasteiger partial charge in [0.1, 0.15) is 6.23 Å². The molecule has 0 spiro atoms. The third-order valence-electron chi connectivity index (χ3n) is 1.69. The summed E-state index contributed by atoms with van der Waals surface area (Å²) < 4.78 is 22.4. The highest BCUT2D eigenvalue weighted by Gasteiger charge is 2.41. The molecule has 4 nitrogen and oxygen atoms in total. The second-order valence-electron chi connectivity index (χ2n) is 3.34. The fourth-order valence-electron chi connectivity index (χ4n) is 1.18. The monoisotopic (exact) mass is 236 g/mol. The van der Waals surface area contributed by atoms with Gasteiger partial charge in [0, 0.05) is 19.8 Å². The first-order valence-corrected chi connectivity index (χ1v) is 7.56. The summed E-state index contributed by atoms with van der Waals surface area (Å²) in [5.74, 6) is 0. The maximum atomic E-state index is 5.63. The van der Waals surface area contributed by atoms with Crippen molar-refractivity contribution < 1.29 is 18.0 Å². The molecule has 0 rings (SSSR count). The van der Waals surface area contributed by atoms with E-state index in [0.717, 1.165) is 0 Å². The van der Waals surface area contributed by atoms with Gasteiger partial charge in [-0.2, -0.15) is 0 Å². The minimum absolute atomic E-state index is 0.165. The Bertz CT molecular complexity index is 135. The summed E-state index contributed by atoms with van der Waals surface area (Å²) >= 11 is 0. The Morgan fingerprint density at radius 1 is 0.867 bits per heavy atom. The number of hydrogen-bond acceptors (Lipinski definition) is 4. The topological polar surface area (TPSA) is 36.9 Å². The molecule has 0 fully saturated rings. The summed E-state index contributed by atoms with van der Waals surface area (Å²) in [6.45, 7) is 11.6. The van der Waals surface area contributed by atoms with Gasteiger partial charge in [0.15, 0.2) is 0 Å². The fourth-order valence-corrected chi connectivity index (χ4v) is 3.54. The van der Waals surface area contributed by atoms with E-state index in [1.165, 1.54) is 0 Å². The molecule has 0 saturated heterocycles. The van der Waals surface area contributed by atoms with E-state index in [1.54, 1.807) is 0 Å². The lowest BCUT2D eigenvalue weighted by molar-refractivity contribution is 0.0139. The standard InChI is InChI=1S/C10H24O4Si/c1-6-12-15(13-7-2,14-8-3)9-11-10(4)5/h10H,6-9H2,1-5H3. The lowest BCUT2D eigenvalue weighted by Crippen LogP contribution is -2.51. The fraction of sp³-hybridized carbons (Fsp3) is 1.00. The normalized spacial score (nSPS) is 12.4. The van der Waals surface area contributed by atoms with E-state index in [2.05, 4.69) is 0 Å². The lowest BCUT2D eigenvalue weighted by atomic mass is 10.5. The molecule has 0 aromatic carbocycles. The van der Waals surface area contributed by atoms with Gasteiger partial charge in [-0.15, -0.1) is 0 Å². The predicted molar refractivity (Wildman–Crippen MR) is 61.7 cm³/mol. The second kappa shape index (κ2) is 8.24. The minimum Gasteiger partial charge on any atom is -0.374 e. The largest absolute Gasteiger partial charge is 0.528 e. The van der Waals surface area contributed by atoms with Crippen LogP contribution >= 0.6 is 0 Å². The van der Waals surface area contributed by atoms with E-state index < -0.39 is 8.80 Å². The van der Waals surface area contributed by atoms with Crippen molar-refractivity contribution in [3.8, 4) is 0 Å². The van der Waals surface area contributed by atoms with Crippen LogP contribution in [-0.2, 0) is 18.0 Å². The zero-order chi connectivity index (χ0) is 11.7. The molecule has 0 aromatic heterocycles. The number of hydrogen-bond donors (Lipinski definition) is 0. The molecule has 0 N–H and O–H groups in total. The van der Waals surface area contributed by atoms with Crippen molar-refractivity contribution in [3.05, 3.63) is 0 Å². The molecule has 92 valence electrons. The summed E-state index contributed by atoms with van der Waals surface area (Å²) in [4.78, 5) is 0. The Labute approximate surface area is 94.2 Å². The van der Waals surface area contributed by atoms with Crippen molar-refractivity contribution >= 4 is 8.80 Å². The highest BCUT2D eigenvalue weighted by molar-refractivity contribution is 6.60. The maximum Gasteiger partial charge on any atom is 0.528 e. The van der Waals surface area contributed by atoms with Crippen molar-refractivity contribution in [1.82, 2.24) is 0 Å². The van der Waals surface area contributed by atoms with E-state index in [-0.39, 0.29) is 6.10 Å². The zero-order valence-electron chi connectivity index (χ0n) is 10.5. The summed E-state index contributed by atoms with van der Waals surface area (Å²) in [6, 6.07) is 0. The second-order valence-corrected chi connectivity index (χ2v) is 5.86. The first kappa shape index (κ1) is 15.1. The van der Waals surface area contributed by atoms with Gasteiger partial charge in [-0.3, -0.25) is 0 Å². The Morgan fingerprint density at radius 2 is 1.27 bits per heavy atom. The van der Waals surface area contributed by atoms with Gasteiger partial charge < -0.3 is 18.0 Å². The molecular formula is C10H24O4Si. The van der Waals surface area contributed by atoms with Crippen molar-refractivity contribution in [2.75, 3.05) is 26.1 Å². The zero-order valence-corrected chi connectivity index (χ0v) is 11.5. The van der Waals surface area contributed by atoms with Crippen LogP contribution in [0.3, 0.4) is 0 Å². The van der Waals surface area contributed by atoms with Crippen LogP contribution in [0.2, 0.25) is 0 Å². The van der Waals surface area contributed by atoms with Gasteiger partial charge in [-0.05, 0) is 34.6 Å². The Morgan fingerprint density at radius 3 is 1.53 bits per heavy atom. The van der Waals surface area contributed by atoms with Gasteiger partial charge in [0.25, 0.3) is 0 Å². The molecule has 0 heterocycles. The Balaban J connectivity index is 4.31. The molecule has 0 unspecified atom stereocenters. The van der Waals surface area contributed by atoms with Gasteiger partial charge in [0.2, 0.25) is 0 Å². The smallest absolute Gasteiger partial charge is 0.374 e. The van der Waals surface area contributed by atoms with Gasteiger partial charge in [-0.25, -0.2) is 0 Å². The van der Waals surface area contributed by atoms with E-state index in [4.69, 9.17) is 18.0 Å². The molecule has 5 heteroatoms. The van der Waals surface area contributed by atoms with E-state index in [1.807, 2.05) is 34.6 Å². The minimum atomic E-state index is -2.58. The lowest BCUT2D eigenvalue weighted by Gasteiger charge is -2.28. The SMILES string of the molecule is CCO[Si](COC(C)C)(OCC)OCC. The van der Waals surface area contributed by atoms with E-state index >= 15 is 0 Å². The molecule has 0 radical (unpaired) electrons. The van der Waals surface area contributed by atoms with Crippen molar-refractivity contribution in [2.45, 2.75) is 40.7 Å². The molecule has 0 aromatic rings. The average molecular weight is 236 g/mol. The molecule has 0 bridgehead atoms. The Hall–Kier alpha value is 0.0569. The first-order chi connectivity index (χ1) is 7.10. The molecule has 0 atom stereocenters. The first-order valence-electron chi connectivity index (χ1n) is 5.63. The molecule has 0 amide bonds. The maximum absolute atomic E-state index is 5.63. The van der Waals surface area contributed by atoms with Crippen LogP contribution < -0.4 is 0 Å². The van der Waals surface area contributed by atoms with Crippen molar-refractivity contribution in [3.63, 3.8) is 0 Å². The van der Waals surface area contributed by atoms with Crippen LogP contribution in [0.15, 0.2) is 0 Å².